The van der Waals surface area contributed by atoms with Gasteiger partial charge in [0.1, 0.15) is 0 Å². The van der Waals surface area contributed by atoms with Crippen LogP contribution in [0.2, 0.25) is 0 Å². The third kappa shape index (κ3) is 4.45. The van der Waals surface area contributed by atoms with Gasteiger partial charge in [-0.05, 0) is 47.5 Å². The molecule has 5 nitrogen and oxygen atoms in total. The third-order valence-corrected chi connectivity index (χ3v) is 9.60. The van der Waals surface area contributed by atoms with Crippen LogP contribution in [-0.2, 0) is 0 Å². The van der Waals surface area contributed by atoms with Crippen LogP contribution in [0, 0.1) is 0 Å². The van der Waals surface area contributed by atoms with Gasteiger partial charge in [0.15, 0.2) is 11.6 Å². The lowest BCUT2D eigenvalue weighted by Crippen LogP contribution is -2.08. The van der Waals surface area contributed by atoms with Gasteiger partial charge in [0.25, 0.3) is 0 Å². The van der Waals surface area contributed by atoms with Crippen molar-refractivity contribution in [2.45, 2.75) is 0 Å². The van der Waals surface area contributed by atoms with E-state index < -0.39 is 0 Å². The Labute approximate surface area is 288 Å². The maximum absolute atomic E-state index is 5.33. The van der Waals surface area contributed by atoms with Crippen LogP contribution in [0.1, 0.15) is 0 Å². The minimum absolute atomic E-state index is 0.576. The first-order valence-corrected chi connectivity index (χ1v) is 16.8. The van der Waals surface area contributed by atoms with Gasteiger partial charge in [-0.2, -0.15) is 9.97 Å². The van der Waals surface area contributed by atoms with Crippen LogP contribution in [-0.4, -0.2) is 24.1 Å². The molecule has 3 aromatic heterocycles. The highest BCUT2D eigenvalue weighted by molar-refractivity contribution is 6.10. The van der Waals surface area contributed by atoms with E-state index in [1.54, 1.807) is 0 Å². The van der Waals surface area contributed by atoms with Crippen LogP contribution in [0.5, 0.6) is 0 Å². The molecule has 5 heteroatoms. The zero-order valence-corrected chi connectivity index (χ0v) is 27.0. The monoisotopic (exact) mass is 639 g/mol. The first-order chi connectivity index (χ1) is 24.8. The summed E-state index contributed by atoms with van der Waals surface area (Å²) < 4.78 is 4.53. The van der Waals surface area contributed by atoms with Crippen LogP contribution < -0.4 is 0 Å². The van der Waals surface area contributed by atoms with Crippen LogP contribution in [0.4, 0.5) is 0 Å². The Hall–Kier alpha value is -6.85. The van der Waals surface area contributed by atoms with Crippen molar-refractivity contribution < 1.29 is 0 Å². The molecule has 0 aliphatic rings. The molecular formula is C45H29N5. The van der Waals surface area contributed by atoms with E-state index in [9.17, 15) is 0 Å². The summed E-state index contributed by atoms with van der Waals surface area (Å²) in [5.41, 5.74) is 9.45. The fourth-order valence-corrected chi connectivity index (χ4v) is 7.34. The maximum Gasteiger partial charge on any atom is 0.238 e. The third-order valence-electron chi connectivity index (χ3n) is 9.60. The van der Waals surface area contributed by atoms with Gasteiger partial charge >= 0.3 is 0 Å². The van der Waals surface area contributed by atoms with Gasteiger partial charge in [0, 0.05) is 32.7 Å². The second-order valence-electron chi connectivity index (χ2n) is 12.5. The molecular weight excluding hydrogens is 611 g/mol. The molecule has 0 amide bonds. The fourth-order valence-electron chi connectivity index (χ4n) is 7.34. The molecule has 7 aromatic carbocycles. The van der Waals surface area contributed by atoms with Gasteiger partial charge in [-0.1, -0.05) is 140 Å². The molecule has 0 N–H and O–H groups in total. The van der Waals surface area contributed by atoms with Gasteiger partial charge in [-0.15, -0.1) is 0 Å². The van der Waals surface area contributed by atoms with E-state index in [4.69, 9.17) is 15.0 Å². The number of benzene rings is 7. The first-order valence-electron chi connectivity index (χ1n) is 16.8. The average molecular weight is 640 g/mol. The summed E-state index contributed by atoms with van der Waals surface area (Å²) in [5.74, 6) is 1.80. The summed E-state index contributed by atoms with van der Waals surface area (Å²) in [4.78, 5) is 15.7. The lowest BCUT2D eigenvalue weighted by molar-refractivity contribution is 0.952. The van der Waals surface area contributed by atoms with Crippen molar-refractivity contribution in [1.82, 2.24) is 24.1 Å². The highest BCUT2D eigenvalue weighted by Crippen LogP contribution is 2.38. The largest absolute Gasteiger partial charge is 0.308 e. The van der Waals surface area contributed by atoms with E-state index in [0.29, 0.717) is 17.6 Å². The van der Waals surface area contributed by atoms with Crippen LogP contribution in [0.25, 0.3) is 89.2 Å². The summed E-state index contributed by atoms with van der Waals surface area (Å²) in [5, 5.41) is 4.71. The Bertz CT molecular complexity index is 2760. The minimum atomic E-state index is 0.576. The fraction of sp³-hybridized carbons (Fsp3) is 0. The summed E-state index contributed by atoms with van der Waals surface area (Å²) >= 11 is 0. The molecule has 50 heavy (non-hydrogen) atoms. The molecule has 0 aliphatic heterocycles. The highest BCUT2D eigenvalue weighted by Gasteiger charge is 2.21. The second kappa shape index (κ2) is 11.4. The quantitative estimate of drug-likeness (QED) is 0.188. The Morgan fingerprint density at radius 2 is 0.760 bits per heavy atom. The maximum atomic E-state index is 5.33. The zero-order valence-electron chi connectivity index (χ0n) is 27.0. The predicted molar refractivity (Wildman–Crippen MR) is 205 cm³/mol. The van der Waals surface area contributed by atoms with E-state index in [-0.39, 0.29) is 0 Å². The summed E-state index contributed by atoms with van der Waals surface area (Å²) in [6.45, 7) is 0. The van der Waals surface area contributed by atoms with Crippen LogP contribution in [0.3, 0.4) is 0 Å². The van der Waals surface area contributed by atoms with Crippen LogP contribution >= 0.6 is 0 Å². The van der Waals surface area contributed by atoms with E-state index in [0.717, 1.165) is 60.8 Å². The van der Waals surface area contributed by atoms with Crippen molar-refractivity contribution in [3.8, 4) is 45.5 Å². The number of aromatic nitrogens is 5. The van der Waals surface area contributed by atoms with Gasteiger partial charge in [0.2, 0.25) is 5.95 Å². The topological polar surface area (TPSA) is 48.5 Å². The van der Waals surface area contributed by atoms with Crippen LogP contribution in [0.15, 0.2) is 176 Å². The number of hydrogen-bond acceptors (Lipinski definition) is 3. The Morgan fingerprint density at radius 3 is 1.30 bits per heavy atom. The standard InChI is InChI=1S/C45H29N5/c1-3-15-30(16-4-1)32-27-28-37(42(29-32)49-38-23-11-7-19-33(38)34-20-8-12-24-39(34)49)44-46-43(31-17-5-2-6-18-31)47-45(48-44)50-40-25-13-9-21-35(40)36-22-10-14-26-41(36)50/h1-29H. The summed E-state index contributed by atoms with van der Waals surface area (Å²) in [7, 11) is 0. The zero-order chi connectivity index (χ0) is 33.0. The van der Waals surface area contributed by atoms with Crippen molar-refractivity contribution in [3.63, 3.8) is 0 Å². The molecule has 0 atom stereocenters. The molecule has 0 saturated heterocycles. The number of para-hydroxylation sites is 4. The lowest BCUT2D eigenvalue weighted by atomic mass is 10.0. The van der Waals surface area contributed by atoms with Gasteiger partial charge in [-0.3, -0.25) is 4.57 Å². The molecule has 0 fully saturated rings. The van der Waals surface area contributed by atoms with Gasteiger partial charge in [-0.25, -0.2) is 4.98 Å². The Balaban J connectivity index is 1.31. The highest BCUT2D eigenvalue weighted by atomic mass is 15.2. The number of rotatable bonds is 5. The lowest BCUT2D eigenvalue weighted by Gasteiger charge is -2.17. The number of fused-ring (bicyclic) bond motifs is 6. The van der Waals surface area contributed by atoms with Crippen molar-refractivity contribution in [2.75, 3.05) is 0 Å². The molecule has 0 saturated carbocycles. The summed E-state index contributed by atoms with van der Waals surface area (Å²) in [6.07, 6.45) is 0. The predicted octanol–water partition coefficient (Wildman–Crippen LogP) is 11.1. The molecule has 0 radical (unpaired) electrons. The van der Waals surface area contributed by atoms with Crippen molar-refractivity contribution >= 4 is 43.6 Å². The molecule has 3 heterocycles. The Kier molecular flexibility index (Phi) is 6.42. The molecule has 0 bridgehead atoms. The van der Waals surface area contributed by atoms with Crippen molar-refractivity contribution in [1.29, 1.82) is 0 Å². The molecule has 10 aromatic rings. The van der Waals surface area contributed by atoms with Gasteiger partial charge in [0.05, 0.1) is 27.8 Å². The number of hydrogen-bond donors (Lipinski definition) is 0. The van der Waals surface area contributed by atoms with E-state index in [1.807, 2.05) is 18.2 Å². The summed E-state index contributed by atoms with van der Waals surface area (Å²) in [6, 6.07) is 61.5. The molecule has 0 spiro atoms. The SMILES string of the molecule is c1ccc(-c2ccc(-c3nc(-c4ccccc4)nc(-n4c5ccccc5c5ccccc54)n3)c(-n3c4ccccc4c4ccccc43)c2)cc1. The van der Waals surface area contributed by atoms with Crippen molar-refractivity contribution in [3.05, 3.63) is 176 Å². The average Bonchev–Trinajstić information content (AvgIpc) is 3.71. The molecule has 10 rings (SSSR count). The smallest absolute Gasteiger partial charge is 0.238 e. The van der Waals surface area contributed by atoms with E-state index in [2.05, 4.69) is 167 Å². The van der Waals surface area contributed by atoms with E-state index in [1.165, 1.54) is 10.8 Å². The Morgan fingerprint density at radius 1 is 0.320 bits per heavy atom. The normalized spacial score (nSPS) is 11.6. The second-order valence-corrected chi connectivity index (χ2v) is 12.5. The molecule has 234 valence electrons. The molecule has 0 unspecified atom stereocenters. The van der Waals surface area contributed by atoms with Crippen molar-refractivity contribution in [2.24, 2.45) is 0 Å². The molecule has 0 aliphatic carbocycles. The van der Waals surface area contributed by atoms with Gasteiger partial charge < -0.3 is 4.57 Å². The van der Waals surface area contributed by atoms with E-state index >= 15 is 0 Å². The number of nitrogens with zero attached hydrogens (tertiary/aromatic N) is 5. The minimum Gasteiger partial charge on any atom is -0.308 e. The first kappa shape index (κ1) is 28.2.